The molecule has 20 heavy (non-hydrogen) atoms. The summed E-state index contributed by atoms with van der Waals surface area (Å²) in [5.41, 5.74) is -1.68. The summed E-state index contributed by atoms with van der Waals surface area (Å²) in [5, 5.41) is 2.30. The monoisotopic (exact) mass is 282 g/mol. The lowest BCUT2D eigenvalue weighted by atomic mass is 9.66. The smallest absolute Gasteiger partial charge is 0.330 e. The molecule has 1 saturated carbocycles. The molecule has 1 aliphatic carbocycles. The van der Waals surface area contributed by atoms with Crippen LogP contribution in [0.5, 0.6) is 0 Å². The molecule has 2 heterocycles. The second-order valence-electron chi connectivity index (χ2n) is 5.78. The van der Waals surface area contributed by atoms with Gasteiger partial charge in [0, 0.05) is 20.1 Å². The summed E-state index contributed by atoms with van der Waals surface area (Å²) in [4.78, 5) is 37.5. The number of carbonyl (C=O) groups is 3. The Kier molecular flexibility index (Phi) is 3.06. The van der Waals surface area contributed by atoms with Gasteiger partial charge >= 0.3 is 6.03 Å². The first-order valence-electron chi connectivity index (χ1n) is 6.83. The van der Waals surface area contributed by atoms with E-state index >= 15 is 0 Å². The number of amides is 4. The molecule has 1 spiro atoms. The van der Waals surface area contributed by atoms with Crippen molar-refractivity contribution in [2.45, 2.75) is 31.3 Å². The molecule has 0 aromatic rings. The topological polar surface area (TPSA) is 84.9 Å². The quantitative estimate of drug-likeness (QED) is 0.739. The van der Waals surface area contributed by atoms with Crippen molar-refractivity contribution in [1.82, 2.24) is 10.2 Å². The number of hydrogen-bond acceptors (Lipinski definition) is 5. The fourth-order valence-corrected chi connectivity index (χ4v) is 3.07. The van der Waals surface area contributed by atoms with Crippen LogP contribution in [0, 0.1) is 5.41 Å². The van der Waals surface area contributed by atoms with E-state index in [2.05, 4.69) is 5.32 Å². The third-order valence-electron chi connectivity index (χ3n) is 4.71. The Bertz CT molecular complexity index is 465. The first-order valence-corrected chi connectivity index (χ1v) is 6.83. The zero-order valence-electron chi connectivity index (χ0n) is 11.4. The van der Waals surface area contributed by atoms with Crippen LogP contribution >= 0.6 is 0 Å². The van der Waals surface area contributed by atoms with Crippen molar-refractivity contribution in [2.75, 3.05) is 26.9 Å². The second kappa shape index (κ2) is 4.53. The number of nitrogens with zero attached hydrogens (tertiary/aromatic N) is 1. The molecule has 3 rings (SSSR count). The maximum absolute atomic E-state index is 12.5. The van der Waals surface area contributed by atoms with Crippen LogP contribution in [-0.4, -0.2) is 55.2 Å². The Balaban J connectivity index is 1.83. The van der Waals surface area contributed by atoms with Crippen molar-refractivity contribution >= 4 is 17.8 Å². The second-order valence-corrected chi connectivity index (χ2v) is 5.78. The summed E-state index contributed by atoms with van der Waals surface area (Å²) in [6.07, 6.45) is 2.48. The molecular weight excluding hydrogens is 264 g/mol. The zero-order valence-corrected chi connectivity index (χ0v) is 11.4. The van der Waals surface area contributed by atoms with Gasteiger partial charge in [-0.25, -0.2) is 4.79 Å². The number of carbonyl (C=O) groups excluding carboxylic acids is 3. The van der Waals surface area contributed by atoms with E-state index in [1.807, 2.05) is 0 Å². The van der Waals surface area contributed by atoms with Gasteiger partial charge in [0.05, 0.1) is 13.2 Å². The number of methoxy groups -OCH3 is 1. The Labute approximate surface area is 116 Å². The van der Waals surface area contributed by atoms with Gasteiger partial charge in [0.15, 0.2) is 0 Å². The van der Waals surface area contributed by atoms with Crippen LogP contribution in [0.1, 0.15) is 25.7 Å². The Morgan fingerprint density at radius 1 is 1.30 bits per heavy atom. The minimum absolute atomic E-state index is 0.128. The predicted octanol–water partition coefficient (Wildman–Crippen LogP) is 0.0406. The number of hydrogen-bond donors (Lipinski definition) is 1. The van der Waals surface area contributed by atoms with Crippen LogP contribution in [-0.2, 0) is 19.1 Å². The van der Waals surface area contributed by atoms with Crippen LogP contribution in [0.15, 0.2) is 0 Å². The normalized spacial score (nSPS) is 32.5. The Morgan fingerprint density at radius 2 is 2.05 bits per heavy atom. The Morgan fingerprint density at radius 3 is 2.55 bits per heavy atom. The van der Waals surface area contributed by atoms with Crippen molar-refractivity contribution in [3.8, 4) is 0 Å². The molecule has 1 atom stereocenters. The summed E-state index contributed by atoms with van der Waals surface area (Å²) in [6, 6.07) is -0.652. The summed E-state index contributed by atoms with van der Waals surface area (Å²) >= 11 is 0. The van der Waals surface area contributed by atoms with E-state index in [9.17, 15) is 14.4 Å². The fraction of sp³-hybridized carbons (Fsp3) is 0.769. The first kappa shape index (κ1) is 13.5. The summed E-state index contributed by atoms with van der Waals surface area (Å²) in [5.74, 6) is -0.843. The van der Waals surface area contributed by atoms with E-state index in [-0.39, 0.29) is 12.5 Å². The lowest BCUT2D eigenvalue weighted by molar-refractivity contribution is -0.160. The molecule has 0 aromatic heterocycles. The highest BCUT2D eigenvalue weighted by Crippen LogP contribution is 2.44. The molecule has 2 aliphatic heterocycles. The van der Waals surface area contributed by atoms with Gasteiger partial charge < -0.3 is 9.47 Å². The van der Waals surface area contributed by atoms with E-state index in [0.717, 1.165) is 11.3 Å². The first-order chi connectivity index (χ1) is 9.53. The SMILES string of the molecule is COC1(CN2C(=O)NC(=O)C3(CCC3)C2=O)CCOC1. The third-order valence-corrected chi connectivity index (χ3v) is 4.71. The predicted molar refractivity (Wildman–Crippen MR) is 66.7 cm³/mol. The number of nitrogens with one attached hydrogen (secondary N) is 1. The highest BCUT2D eigenvalue weighted by Gasteiger charge is 2.58. The molecule has 0 bridgehead atoms. The molecule has 110 valence electrons. The highest BCUT2D eigenvalue weighted by atomic mass is 16.5. The van der Waals surface area contributed by atoms with Gasteiger partial charge in [-0.2, -0.15) is 0 Å². The number of ether oxygens (including phenoxy) is 2. The van der Waals surface area contributed by atoms with E-state index in [1.54, 1.807) is 7.11 Å². The van der Waals surface area contributed by atoms with E-state index in [1.165, 1.54) is 0 Å². The molecule has 1 unspecified atom stereocenters. The van der Waals surface area contributed by atoms with E-state index in [4.69, 9.17) is 9.47 Å². The third kappa shape index (κ3) is 1.76. The van der Waals surface area contributed by atoms with Gasteiger partial charge in [0.25, 0.3) is 0 Å². The average molecular weight is 282 g/mol. The summed E-state index contributed by atoms with van der Waals surface area (Å²) < 4.78 is 10.8. The van der Waals surface area contributed by atoms with Crippen molar-refractivity contribution in [2.24, 2.45) is 5.41 Å². The van der Waals surface area contributed by atoms with Crippen LogP contribution in [0.4, 0.5) is 4.79 Å². The van der Waals surface area contributed by atoms with Crippen molar-refractivity contribution < 1.29 is 23.9 Å². The highest BCUT2D eigenvalue weighted by molar-refractivity contribution is 6.19. The molecular formula is C13H18N2O5. The molecule has 0 aromatic carbocycles. The minimum atomic E-state index is -1.03. The van der Waals surface area contributed by atoms with Crippen molar-refractivity contribution in [3.63, 3.8) is 0 Å². The molecule has 7 nitrogen and oxygen atoms in total. The fourth-order valence-electron chi connectivity index (χ4n) is 3.07. The van der Waals surface area contributed by atoms with Gasteiger partial charge in [-0.05, 0) is 12.8 Å². The summed E-state index contributed by atoms with van der Waals surface area (Å²) in [6.45, 7) is 1.02. The number of urea groups is 1. The maximum Gasteiger partial charge on any atom is 0.330 e. The van der Waals surface area contributed by atoms with Crippen LogP contribution in [0.25, 0.3) is 0 Å². The average Bonchev–Trinajstić information content (AvgIpc) is 2.82. The number of imide groups is 2. The largest absolute Gasteiger partial charge is 0.378 e. The standard InChI is InChI=1S/C13H18N2O5/c1-19-12(5-6-20-8-12)7-15-10(17)13(3-2-4-13)9(16)14-11(15)18/h2-8H2,1H3,(H,14,16,18). The molecule has 0 radical (unpaired) electrons. The van der Waals surface area contributed by atoms with E-state index < -0.39 is 23.0 Å². The van der Waals surface area contributed by atoms with Gasteiger partial charge in [-0.1, -0.05) is 6.42 Å². The maximum atomic E-state index is 12.5. The lowest BCUT2D eigenvalue weighted by Gasteiger charge is -2.46. The van der Waals surface area contributed by atoms with E-state index in [0.29, 0.717) is 32.5 Å². The van der Waals surface area contributed by atoms with Crippen LogP contribution in [0.2, 0.25) is 0 Å². The molecule has 3 fully saturated rings. The number of barbiturate groups is 1. The minimum Gasteiger partial charge on any atom is -0.378 e. The molecule has 7 heteroatoms. The molecule has 3 aliphatic rings. The molecule has 4 amide bonds. The van der Waals surface area contributed by atoms with Crippen molar-refractivity contribution in [1.29, 1.82) is 0 Å². The van der Waals surface area contributed by atoms with Crippen LogP contribution < -0.4 is 5.32 Å². The van der Waals surface area contributed by atoms with Gasteiger partial charge in [-0.15, -0.1) is 0 Å². The number of rotatable bonds is 3. The van der Waals surface area contributed by atoms with Crippen molar-refractivity contribution in [3.05, 3.63) is 0 Å². The van der Waals surface area contributed by atoms with Crippen LogP contribution in [0.3, 0.4) is 0 Å². The summed E-state index contributed by atoms with van der Waals surface area (Å²) in [7, 11) is 1.55. The van der Waals surface area contributed by atoms with Gasteiger partial charge in [0.2, 0.25) is 11.8 Å². The Hall–Kier alpha value is -1.47. The van der Waals surface area contributed by atoms with Gasteiger partial charge in [-0.3, -0.25) is 19.8 Å². The molecule has 1 N–H and O–H groups in total. The molecule has 2 saturated heterocycles. The van der Waals surface area contributed by atoms with Gasteiger partial charge in [0.1, 0.15) is 11.0 Å². The zero-order chi connectivity index (χ0) is 14.4. The lowest BCUT2D eigenvalue weighted by Crippen LogP contribution is -2.68.